The molecule has 2 fully saturated rings. The van der Waals surface area contributed by atoms with Crippen molar-refractivity contribution in [2.24, 2.45) is 13.0 Å². The Kier molecular flexibility index (Phi) is 23.5. The van der Waals surface area contributed by atoms with E-state index in [0.717, 1.165) is 54.5 Å². The third-order valence-electron chi connectivity index (χ3n) is 18.9. The fourth-order valence-corrected chi connectivity index (χ4v) is 13.4. The molecule has 1 saturated heterocycles. The Morgan fingerprint density at radius 3 is 2.27 bits per heavy atom. The second-order valence-electron chi connectivity index (χ2n) is 28.2. The van der Waals surface area contributed by atoms with E-state index in [1.165, 1.54) is 45.4 Å². The number of nitrogens with zero attached hydrogens (tertiary/aromatic N) is 9. The third kappa shape index (κ3) is 17.7. The van der Waals surface area contributed by atoms with Gasteiger partial charge in [0.05, 0.1) is 89.1 Å². The van der Waals surface area contributed by atoms with Crippen LogP contribution < -0.4 is 32.4 Å². The van der Waals surface area contributed by atoms with Gasteiger partial charge in [-0.15, -0.1) is 0 Å². The summed E-state index contributed by atoms with van der Waals surface area (Å²) in [6, 6.07) is 12.4. The van der Waals surface area contributed by atoms with Crippen molar-refractivity contribution in [3.8, 4) is 16.9 Å². The van der Waals surface area contributed by atoms with E-state index in [0.29, 0.717) is 53.8 Å². The Balaban J connectivity index is 0.661. The maximum Gasteiger partial charge on any atom is 0.410 e. The van der Waals surface area contributed by atoms with Gasteiger partial charge >= 0.3 is 6.09 Å². The van der Waals surface area contributed by atoms with Crippen LogP contribution in [-0.4, -0.2) is 174 Å². The van der Waals surface area contributed by atoms with Gasteiger partial charge in [0.25, 0.3) is 11.1 Å². The SMILES string of the molecule is C[C@@H](C(=O)N[C@H](C(=O)N1C[C@@H](NC(=O)CCOCCOCCOCCC(=O)N2CCn3nc(Nc4cc(-c5ccnc(-n6ncc7cc(C(C)(C)C)cc(F)c7c6=O)c5CO)cn(C)c4=O)cc3C2)C[C@H]1C(=O)N[C@@H]1CCCc2ccccc21)C1CCCCC1)N(C)C(=O)OC(C)(C)C. The molecule has 27 heteroatoms. The zero-order chi connectivity index (χ0) is 70.9. The Bertz CT molecular complexity index is 4060. The Morgan fingerprint density at radius 2 is 1.56 bits per heavy atom. The Labute approximate surface area is 575 Å². The molecule has 532 valence electrons. The molecule has 2 aliphatic heterocycles. The van der Waals surface area contributed by atoms with Crippen molar-refractivity contribution in [3.05, 3.63) is 128 Å². The lowest BCUT2D eigenvalue weighted by Gasteiger charge is -2.36. The second kappa shape index (κ2) is 31.9. The predicted octanol–water partition coefficient (Wildman–Crippen LogP) is 6.79. The number of likely N-dealkylation sites (N-methyl/N-ethyl adjacent to an activating group) is 1. The number of rotatable bonds is 25. The lowest BCUT2D eigenvalue weighted by molar-refractivity contribution is -0.143. The molecule has 6 heterocycles. The number of aliphatic hydroxyl groups is 1. The van der Waals surface area contributed by atoms with Crippen molar-refractivity contribution in [1.82, 2.24) is 59.8 Å². The normalized spacial score (nSPS) is 17.9. The van der Waals surface area contributed by atoms with Crippen molar-refractivity contribution in [3.63, 3.8) is 0 Å². The van der Waals surface area contributed by atoms with Crippen LogP contribution in [0.5, 0.6) is 0 Å². The van der Waals surface area contributed by atoms with Crippen LogP contribution >= 0.6 is 0 Å². The fraction of sp³-hybridized carbons (Fsp3) is 0.542. The van der Waals surface area contributed by atoms with Gasteiger partial charge in [-0.05, 0) is 124 Å². The molecule has 0 radical (unpaired) electrons. The third-order valence-corrected chi connectivity index (χ3v) is 18.9. The summed E-state index contributed by atoms with van der Waals surface area (Å²) < 4.78 is 42.4. The molecule has 26 nitrogen and oxygen atoms in total. The molecule has 10 rings (SSSR count). The lowest BCUT2D eigenvalue weighted by Crippen LogP contribution is -2.59. The van der Waals surface area contributed by atoms with E-state index >= 15 is 9.18 Å². The maximum atomic E-state index is 15.6. The number of aliphatic hydroxyl groups excluding tert-OH is 1. The van der Waals surface area contributed by atoms with Crippen molar-refractivity contribution >= 4 is 57.9 Å². The van der Waals surface area contributed by atoms with E-state index < -0.39 is 65.7 Å². The van der Waals surface area contributed by atoms with Crippen LogP contribution in [0.25, 0.3) is 27.7 Å². The van der Waals surface area contributed by atoms with Gasteiger partial charge < -0.3 is 59.7 Å². The van der Waals surface area contributed by atoms with Crippen molar-refractivity contribution in [2.75, 3.05) is 65.1 Å². The molecule has 0 bridgehead atoms. The number of ether oxygens (including phenoxy) is 4. The number of nitrogens with one attached hydrogen (secondary N) is 4. The molecule has 4 aromatic heterocycles. The summed E-state index contributed by atoms with van der Waals surface area (Å²) >= 11 is 0. The molecular weight excluding hydrogens is 1270 g/mol. The van der Waals surface area contributed by atoms with Gasteiger partial charge in [-0.1, -0.05) is 64.3 Å². The minimum Gasteiger partial charge on any atom is -0.444 e. The molecule has 2 aliphatic carbocycles. The monoisotopic (exact) mass is 1370 g/mol. The number of aromatic nitrogens is 6. The van der Waals surface area contributed by atoms with Crippen LogP contribution in [0.2, 0.25) is 0 Å². The number of hydrogen-bond acceptors (Lipinski definition) is 17. The van der Waals surface area contributed by atoms with Gasteiger partial charge in [0.1, 0.15) is 35.2 Å². The second-order valence-corrected chi connectivity index (χ2v) is 28.2. The van der Waals surface area contributed by atoms with Crippen molar-refractivity contribution < 1.29 is 57.2 Å². The zero-order valence-electron chi connectivity index (χ0n) is 58.2. The smallest absolute Gasteiger partial charge is 0.410 e. The highest BCUT2D eigenvalue weighted by atomic mass is 19.1. The van der Waals surface area contributed by atoms with Crippen molar-refractivity contribution in [2.45, 2.75) is 180 Å². The summed E-state index contributed by atoms with van der Waals surface area (Å²) in [6.07, 6.45) is 10.8. The van der Waals surface area contributed by atoms with E-state index in [-0.39, 0.29) is 135 Å². The molecule has 4 aliphatic rings. The first-order valence-corrected chi connectivity index (χ1v) is 34.4. The fourth-order valence-electron chi connectivity index (χ4n) is 13.4. The van der Waals surface area contributed by atoms with Crippen LogP contribution in [0.4, 0.5) is 20.7 Å². The number of carbonyl (C=O) groups excluding carboxylic acids is 6. The average molecular weight is 1370 g/mol. The standard InChI is InChI=1S/C72H94FN13O13/c1-44(82(9)70(95)99-72(5,6)7)65(90)79-63(46-17-11-10-12-18-46)69(94)84-41-50(37-58(84)66(91)78-56-21-15-19-45-16-13-14-20-53(45)56)76-60(88)23-28-96-30-32-98-33-31-97-29-24-61(89)83-26-27-85-51(42-83)38-59(80-85)77-57-35-48(40-81(8)67(57)92)52-22-25-74-64(54(52)43-87)86-68(93)62-47(39-75-86)34-49(36-55(62)73)71(2,3)4/h13-14,16,20,22,25,34-36,38-40,44,46,50,56,58,63,87H,10-12,15,17-19,21,23-24,26-33,37,41-43H2,1-9H3,(H,76,88)(H,77,80)(H,78,91)(H,79,90)/t44-,50-,56+,58-,63-/m0/s1. The zero-order valence-corrected chi connectivity index (χ0v) is 58.2. The number of pyridine rings is 2. The van der Waals surface area contributed by atoms with E-state index in [1.807, 2.05) is 39.0 Å². The van der Waals surface area contributed by atoms with Gasteiger partial charge in [-0.25, -0.2) is 14.2 Å². The van der Waals surface area contributed by atoms with E-state index in [2.05, 4.69) is 42.5 Å². The summed E-state index contributed by atoms with van der Waals surface area (Å²) in [6.45, 7) is 14.4. The molecule has 0 spiro atoms. The number of anilines is 2. The number of hydrogen-bond donors (Lipinski definition) is 5. The molecule has 5 N–H and O–H groups in total. The molecule has 6 aromatic rings. The number of aryl methyl sites for hydroxylation is 2. The minimum absolute atomic E-state index is 0.00200. The number of likely N-dealkylation sites (tertiary alicyclic amines) is 1. The van der Waals surface area contributed by atoms with E-state index in [4.69, 9.17) is 18.9 Å². The molecule has 0 unspecified atom stereocenters. The number of benzene rings is 2. The van der Waals surface area contributed by atoms with Crippen LogP contribution in [0.15, 0.2) is 82.8 Å². The topological polar surface area (TPSA) is 305 Å². The van der Waals surface area contributed by atoms with Crippen LogP contribution in [0.3, 0.4) is 0 Å². The number of amides is 6. The highest BCUT2D eigenvalue weighted by molar-refractivity contribution is 5.95. The quantitative estimate of drug-likeness (QED) is 0.0369. The first-order chi connectivity index (χ1) is 47.3. The maximum absolute atomic E-state index is 15.6. The minimum atomic E-state index is -0.973. The van der Waals surface area contributed by atoms with Crippen LogP contribution in [-0.2, 0) is 81.5 Å². The van der Waals surface area contributed by atoms with Crippen LogP contribution in [0.1, 0.15) is 147 Å². The summed E-state index contributed by atoms with van der Waals surface area (Å²) in [4.78, 5) is 120. The van der Waals surface area contributed by atoms with Crippen molar-refractivity contribution in [1.29, 1.82) is 0 Å². The van der Waals surface area contributed by atoms with Gasteiger partial charge in [0.2, 0.25) is 29.5 Å². The lowest BCUT2D eigenvalue weighted by atomic mass is 9.83. The average Bonchev–Trinajstić information content (AvgIpc) is 1.42. The first-order valence-electron chi connectivity index (χ1n) is 34.4. The number of fused-ring (bicyclic) bond motifs is 3. The highest BCUT2D eigenvalue weighted by Gasteiger charge is 2.46. The summed E-state index contributed by atoms with van der Waals surface area (Å²) in [5, 5.41) is 32.4. The van der Waals surface area contributed by atoms with Gasteiger partial charge in [0, 0.05) is 74.6 Å². The Morgan fingerprint density at radius 1 is 0.838 bits per heavy atom. The molecule has 1 saturated carbocycles. The van der Waals surface area contributed by atoms with Gasteiger partial charge in [-0.3, -0.25) is 43.1 Å². The number of halogens is 1. The molecule has 99 heavy (non-hydrogen) atoms. The van der Waals surface area contributed by atoms with Crippen LogP contribution in [0, 0.1) is 11.7 Å². The largest absolute Gasteiger partial charge is 0.444 e. The summed E-state index contributed by atoms with van der Waals surface area (Å²) in [7, 11) is 3.06. The van der Waals surface area contributed by atoms with Gasteiger partial charge in [-0.2, -0.15) is 14.9 Å². The van der Waals surface area contributed by atoms with E-state index in [9.17, 15) is 38.7 Å². The van der Waals surface area contributed by atoms with Gasteiger partial charge in [0.15, 0.2) is 11.6 Å². The molecular formula is C72H94FN13O13. The molecule has 6 amide bonds. The Hall–Kier alpha value is -8.92. The highest BCUT2D eigenvalue weighted by Crippen LogP contribution is 2.35. The predicted molar refractivity (Wildman–Crippen MR) is 367 cm³/mol. The molecule has 2 aromatic carbocycles. The number of carbonyl (C=O) groups is 6. The summed E-state index contributed by atoms with van der Waals surface area (Å²) in [5.74, 6) is -2.21. The molecule has 5 atom stereocenters. The van der Waals surface area contributed by atoms with E-state index in [1.54, 1.807) is 74.8 Å². The summed E-state index contributed by atoms with van der Waals surface area (Å²) in [5.41, 5.74) is 2.73. The first kappa shape index (κ1) is 72.8.